The number of rotatable bonds is 4. The fourth-order valence-corrected chi connectivity index (χ4v) is 5.20. The van der Waals surface area contributed by atoms with Gasteiger partial charge < -0.3 is 4.74 Å². The van der Waals surface area contributed by atoms with Crippen LogP contribution in [-0.2, 0) is 20.8 Å². The number of aromatic nitrogens is 2. The van der Waals surface area contributed by atoms with Crippen molar-refractivity contribution in [2.45, 2.75) is 41.7 Å². The molecule has 0 radical (unpaired) electrons. The largest absolute Gasteiger partial charge is 0.417 e. The third kappa shape index (κ3) is 3.59. The van der Waals surface area contributed by atoms with Gasteiger partial charge in [-0.1, -0.05) is 6.07 Å². The van der Waals surface area contributed by atoms with E-state index in [1.54, 1.807) is 0 Å². The van der Waals surface area contributed by atoms with Crippen molar-refractivity contribution >= 4 is 9.84 Å². The van der Waals surface area contributed by atoms with E-state index in [4.69, 9.17) is 4.74 Å². The molecule has 2 atom stereocenters. The second-order valence-corrected chi connectivity index (χ2v) is 8.33. The van der Waals surface area contributed by atoms with Crippen LogP contribution >= 0.6 is 0 Å². The predicted molar refractivity (Wildman–Crippen MR) is 88.1 cm³/mol. The molecule has 3 rings (SSSR count). The van der Waals surface area contributed by atoms with Gasteiger partial charge in [0.1, 0.15) is 0 Å². The second-order valence-electron chi connectivity index (χ2n) is 6.14. The smallest absolute Gasteiger partial charge is 0.381 e. The number of ether oxygens (including phenoxy) is 1. The number of methoxy groups -OCH3 is 1. The van der Waals surface area contributed by atoms with E-state index in [2.05, 4.69) is 9.97 Å². The van der Waals surface area contributed by atoms with Crippen molar-refractivity contribution in [1.82, 2.24) is 9.97 Å². The molecule has 0 saturated heterocycles. The highest BCUT2D eigenvalue weighted by Crippen LogP contribution is 2.40. The van der Waals surface area contributed by atoms with Crippen molar-refractivity contribution in [3.05, 3.63) is 42.4 Å². The molecule has 140 valence electrons. The molecule has 1 aliphatic rings. The third-order valence-corrected chi connectivity index (χ3v) is 6.83. The van der Waals surface area contributed by atoms with Crippen molar-refractivity contribution in [2.24, 2.45) is 0 Å². The zero-order valence-corrected chi connectivity index (χ0v) is 14.7. The van der Waals surface area contributed by atoms with Gasteiger partial charge in [0, 0.05) is 25.1 Å². The first kappa shape index (κ1) is 18.8. The van der Waals surface area contributed by atoms with E-state index in [1.165, 1.54) is 31.8 Å². The van der Waals surface area contributed by atoms with Crippen molar-refractivity contribution in [1.29, 1.82) is 0 Å². The molecule has 2 aromatic rings. The van der Waals surface area contributed by atoms with Gasteiger partial charge in [0.2, 0.25) is 0 Å². The molecular formula is C17H17F3N2O3S. The minimum absolute atomic E-state index is 0.158. The van der Waals surface area contributed by atoms with E-state index in [0.717, 1.165) is 12.1 Å². The first-order valence-corrected chi connectivity index (χ1v) is 9.52. The molecule has 0 bridgehead atoms. The molecule has 1 fully saturated rings. The van der Waals surface area contributed by atoms with Crippen molar-refractivity contribution in [3.8, 4) is 11.3 Å². The zero-order chi connectivity index (χ0) is 18.9. The Morgan fingerprint density at radius 2 is 1.96 bits per heavy atom. The normalized spacial score (nSPS) is 21.1. The molecule has 0 unspecified atom stereocenters. The van der Waals surface area contributed by atoms with Gasteiger partial charge in [-0.05, 0) is 31.4 Å². The average Bonchev–Trinajstić information content (AvgIpc) is 3.11. The molecule has 1 aromatic heterocycles. The molecule has 0 aliphatic heterocycles. The number of hydrogen-bond acceptors (Lipinski definition) is 5. The SMILES string of the molecule is CO[C@H]1CC[C@H](S(=O)(=O)c2ccc(-c3cnccn3)cc2C(F)(F)F)C1. The lowest BCUT2D eigenvalue weighted by molar-refractivity contribution is -0.139. The fourth-order valence-electron chi connectivity index (χ4n) is 3.18. The Morgan fingerprint density at radius 1 is 1.19 bits per heavy atom. The van der Waals surface area contributed by atoms with Crippen LogP contribution in [0.2, 0.25) is 0 Å². The Kier molecular flexibility index (Phi) is 5.03. The van der Waals surface area contributed by atoms with E-state index >= 15 is 0 Å². The molecule has 26 heavy (non-hydrogen) atoms. The number of sulfone groups is 1. The number of nitrogens with zero attached hydrogens (tertiary/aromatic N) is 2. The van der Waals surface area contributed by atoms with E-state index in [0.29, 0.717) is 6.42 Å². The highest BCUT2D eigenvalue weighted by atomic mass is 32.2. The van der Waals surface area contributed by atoms with E-state index in [-0.39, 0.29) is 30.2 Å². The predicted octanol–water partition coefficient (Wildman–Crippen LogP) is 3.50. The molecule has 1 heterocycles. The van der Waals surface area contributed by atoms with Crippen LogP contribution in [0.3, 0.4) is 0 Å². The first-order chi connectivity index (χ1) is 12.2. The summed E-state index contributed by atoms with van der Waals surface area (Å²) >= 11 is 0. The van der Waals surface area contributed by atoms with Crippen LogP contribution in [0.5, 0.6) is 0 Å². The minimum Gasteiger partial charge on any atom is -0.381 e. The maximum Gasteiger partial charge on any atom is 0.417 e. The molecule has 0 amide bonds. The molecule has 9 heteroatoms. The highest BCUT2D eigenvalue weighted by Gasteiger charge is 2.42. The maximum atomic E-state index is 13.6. The Bertz CT molecular complexity index is 886. The summed E-state index contributed by atoms with van der Waals surface area (Å²) in [7, 11) is -2.66. The maximum absolute atomic E-state index is 13.6. The van der Waals surface area contributed by atoms with Crippen molar-refractivity contribution < 1.29 is 26.3 Å². The Morgan fingerprint density at radius 3 is 2.54 bits per heavy atom. The monoisotopic (exact) mass is 386 g/mol. The lowest BCUT2D eigenvalue weighted by Crippen LogP contribution is -2.23. The van der Waals surface area contributed by atoms with E-state index < -0.39 is 31.7 Å². The van der Waals surface area contributed by atoms with Crippen LogP contribution < -0.4 is 0 Å². The summed E-state index contributed by atoms with van der Waals surface area (Å²) in [6.07, 6.45) is 0.0218. The summed E-state index contributed by atoms with van der Waals surface area (Å²) in [5.74, 6) is 0. The molecule has 1 aromatic carbocycles. The topological polar surface area (TPSA) is 69.2 Å². The summed E-state index contributed by atoms with van der Waals surface area (Å²) in [4.78, 5) is 7.10. The number of benzene rings is 1. The first-order valence-electron chi connectivity index (χ1n) is 7.98. The van der Waals surface area contributed by atoms with Crippen LogP contribution in [0.4, 0.5) is 13.2 Å². The lowest BCUT2D eigenvalue weighted by Gasteiger charge is -2.18. The van der Waals surface area contributed by atoms with Crippen molar-refractivity contribution in [3.63, 3.8) is 0 Å². The summed E-state index contributed by atoms with van der Waals surface area (Å²) in [6.45, 7) is 0. The number of alkyl halides is 3. The Labute approximate surface area is 149 Å². The summed E-state index contributed by atoms with van der Waals surface area (Å²) in [5.41, 5.74) is -0.783. The highest BCUT2D eigenvalue weighted by molar-refractivity contribution is 7.92. The van der Waals surface area contributed by atoms with Gasteiger partial charge in [-0.15, -0.1) is 0 Å². The molecule has 1 saturated carbocycles. The average molecular weight is 386 g/mol. The molecule has 0 N–H and O–H groups in total. The van der Waals surface area contributed by atoms with Crippen LogP contribution in [0.1, 0.15) is 24.8 Å². The summed E-state index contributed by atoms with van der Waals surface area (Å²) < 4.78 is 71.5. The molecule has 1 aliphatic carbocycles. The number of halogens is 3. The van der Waals surface area contributed by atoms with Crippen LogP contribution in [0.25, 0.3) is 11.3 Å². The molecule has 5 nitrogen and oxygen atoms in total. The third-order valence-electron chi connectivity index (χ3n) is 4.56. The standard InChI is InChI=1S/C17H17F3N2O3S/c1-25-12-3-4-13(9-12)26(23,24)16-5-2-11(8-14(16)17(18,19)20)15-10-21-6-7-22-15/h2,5-8,10,12-13H,3-4,9H2,1H3/t12-,13-/m0/s1. The molecular weight excluding hydrogens is 369 g/mol. The van der Waals surface area contributed by atoms with Crippen LogP contribution in [0, 0.1) is 0 Å². The Hall–Kier alpha value is -2.00. The summed E-state index contributed by atoms with van der Waals surface area (Å²) in [5, 5.41) is -0.879. The summed E-state index contributed by atoms with van der Waals surface area (Å²) in [6, 6.07) is 3.16. The van der Waals surface area contributed by atoms with Crippen LogP contribution in [-0.4, -0.2) is 36.8 Å². The van der Waals surface area contributed by atoms with Crippen LogP contribution in [0.15, 0.2) is 41.7 Å². The lowest BCUT2D eigenvalue weighted by atomic mass is 10.1. The van der Waals surface area contributed by atoms with Gasteiger partial charge in [0.05, 0.1) is 33.7 Å². The van der Waals surface area contributed by atoms with Gasteiger partial charge in [-0.2, -0.15) is 13.2 Å². The van der Waals surface area contributed by atoms with E-state index in [1.807, 2.05) is 0 Å². The van der Waals surface area contributed by atoms with Gasteiger partial charge in [-0.3, -0.25) is 9.97 Å². The number of hydrogen-bond donors (Lipinski definition) is 0. The fraction of sp³-hybridized carbons (Fsp3) is 0.412. The van der Waals surface area contributed by atoms with Gasteiger partial charge in [0.25, 0.3) is 0 Å². The quantitative estimate of drug-likeness (QED) is 0.804. The van der Waals surface area contributed by atoms with E-state index in [9.17, 15) is 21.6 Å². The Balaban J connectivity index is 2.07. The second kappa shape index (κ2) is 6.96. The van der Waals surface area contributed by atoms with Gasteiger partial charge in [-0.25, -0.2) is 8.42 Å². The van der Waals surface area contributed by atoms with Crippen molar-refractivity contribution in [2.75, 3.05) is 7.11 Å². The minimum atomic E-state index is -4.81. The van der Waals surface area contributed by atoms with Gasteiger partial charge in [0.15, 0.2) is 9.84 Å². The zero-order valence-electron chi connectivity index (χ0n) is 13.9. The molecule has 0 spiro atoms. The van der Waals surface area contributed by atoms with Gasteiger partial charge >= 0.3 is 6.18 Å².